The van der Waals surface area contributed by atoms with Gasteiger partial charge in [0.25, 0.3) is 0 Å². The lowest BCUT2D eigenvalue weighted by Gasteiger charge is -2.10. The number of nitrogens with zero attached hydrogens (tertiary/aromatic N) is 5. The topological polar surface area (TPSA) is 91.7 Å². The monoisotopic (exact) mass is 450 g/mol. The van der Waals surface area contributed by atoms with Crippen molar-refractivity contribution in [3.05, 3.63) is 78.1 Å². The molecule has 0 atom stereocenters. The number of hydrogen-bond donors (Lipinski definition) is 1. The van der Waals surface area contributed by atoms with E-state index in [2.05, 4.69) is 25.9 Å². The second-order valence-electron chi connectivity index (χ2n) is 7.69. The van der Waals surface area contributed by atoms with Crippen LogP contribution in [0.1, 0.15) is 11.3 Å². The van der Waals surface area contributed by atoms with E-state index in [-0.39, 0.29) is 11.6 Å². The predicted octanol–water partition coefficient (Wildman–Crippen LogP) is 4.90. The summed E-state index contributed by atoms with van der Waals surface area (Å²) in [4.78, 5) is 17.0. The molecule has 0 bridgehead atoms. The number of nitrogen functional groups attached to an aromatic ring is 1. The van der Waals surface area contributed by atoms with Crippen LogP contribution in [0.15, 0.2) is 61.1 Å². The Hall–Kier alpha value is -4.77. The van der Waals surface area contributed by atoms with Gasteiger partial charge < -0.3 is 15.0 Å². The van der Waals surface area contributed by atoms with Crippen LogP contribution < -0.4 is 10.5 Å². The van der Waals surface area contributed by atoms with Gasteiger partial charge in [-0.05, 0) is 42.8 Å². The molecule has 7 nitrogen and oxygen atoms in total. The molecule has 2 aromatic carbocycles. The lowest BCUT2D eigenvalue weighted by atomic mass is 9.98. The van der Waals surface area contributed by atoms with Gasteiger partial charge in [-0.25, -0.2) is 24.3 Å². The molecule has 0 saturated carbocycles. The van der Waals surface area contributed by atoms with E-state index in [0.29, 0.717) is 28.2 Å². The molecule has 34 heavy (non-hydrogen) atoms. The Morgan fingerprint density at radius 1 is 1.03 bits per heavy atom. The summed E-state index contributed by atoms with van der Waals surface area (Å²) in [5, 5.41) is 0.678. The fourth-order valence-electron chi connectivity index (χ4n) is 3.94. The molecular weight excluding hydrogens is 431 g/mol. The standard InChI is InChI=1S/C26H19FN6O/c1-4-16-5-6-18(13-20(16)27)23-21(22-24(28)30-14-31-25(22)33(23)3)17-7-9-19(10-8-17)34-26-29-12-11-15(2)32-26/h1,5-14H,2-3H3,(H2,28,30,31). The first-order valence-electron chi connectivity index (χ1n) is 10.4. The number of nitrogens with two attached hydrogens (primary N) is 1. The molecule has 2 N–H and O–H groups in total. The number of terminal acetylenes is 1. The van der Waals surface area contributed by atoms with Crippen molar-refractivity contribution in [1.29, 1.82) is 0 Å². The summed E-state index contributed by atoms with van der Waals surface area (Å²) >= 11 is 0. The van der Waals surface area contributed by atoms with Crippen molar-refractivity contribution in [2.24, 2.45) is 7.05 Å². The van der Waals surface area contributed by atoms with E-state index in [1.807, 2.05) is 42.8 Å². The highest BCUT2D eigenvalue weighted by Gasteiger charge is 2.22. The summed E-state index contributed by atoms with van der Waals surface area (Å²) in [6, 6.07) is 14.3. The van der Waals surface area contributed by atoms with Gasteiger partial charge in [0.15, 0.2) is 0 Å². The maximum absolute atomic E-state index is 14.6. The van der Waals surface area contributed by atoms with E-state index in [0.717, 1.165) is 22.5 Å². The van der Waals surface area contributed by atoms with Gasteiger partial charge in [-0.2, -0.15) is 0 Å². The predicted molar refractivity (Wildman–Crippen MR) is 129 cm³/mol. The molecule has 166 valence electrons. The molecule has 0 unspecified atom stereocenters. The van der Waals surface area contributed by atoms with Gasteiger partial charge in [0, 0.05) is 30.1 Å². The minimum Gasteiger partial charge on any atom is -0.424 e. The van der Waals surface area contributed by atoms with Crippen LogP contribution in [-0.4, -0.2) is 24.5 Å². The second kappa shape index (κ2) is 8.30. The minimum absolute atomic E-state index is 0.197. The van der Waals surface area contributed by atoms with E-state index >= 15 is 0 Å². The van der Waals surface area contributed by atoms with Gasteiger partial charge in [0.2, 0.25) is 0 Å². The molecule has 0 fully saturated rings. The quantitative estimate of drug-likeness (QED) is 0.392. The number of anilines is 1. The van der Waals surface area contributed by atoms with Crippen LogP contribution in [0.4, 0.5) is 10.2 Å². The molecule has 3 aromatic heterocycles. The Morgan fingerprint density at radius 2 is 1.79 bits per heavy atom. The van der Waals surface area contributed by atoms with Gasteiger partial charge in [-0.3, -0.25) is 0 Å². The van der Waals surface area contributed by atoms with Crippen molar-refractivity contribution in [3.8, 4) is 46.5 Å². The van der Waals surface area contributed by atoms with Crippen molar-refractivity contribution < 1.29 is 9.13 Å². The summed E-state index contributed by atoms with van der Waals surface area (Å²) in [7, 11) is 1.85. The van der Waals surface area contributed by atoms with Gasteiger partial charge in [0.05, 0.1) is 16.6 Å². The van der Waals surface area contributed by atoms with Gasteiger partial charge >= 0.3 is 6.01 Å². The lowest BCUT2D eigenvalue weighted by Crippen LogP contribution is -1.96. The van der Waals surface area contributed by atoms with E-state index in [1.54, 1.807) is 24.4 Å². The number of aryl methyl sites for hydroxylation is 2. The second-order valence-corrected chi connectivity index (χ2v) is 7.69. The molecule has 3 heterocycles. The largest absolute Gasteiger partial charge is 0.424 e. The van der Waals surface area contributed by atoms with Crippen LogP contribution in [-0.2, 0) is 7.05 Å². The summed E-state index contributed by atoms with van der Waals surface area (Å²) in [5.41, 5.74) is 10.9. The van der Waals surface area contributed by atoms with Crippen LogP contribution in [0.5, 0.6) is 11.8 Å². The zero-order valence-electron chi connectivity index (χ0n) is 18.5. The van der Waals surface area contributed by atoms with Gasteiger partial charge in [-0.15, -0.1) is 6.42 Å². The first-order chi connectivity index (χ1) is 16.5. The number of hydrogen-bond acceptors (Lipinski definition) is 6. The molecule has 8 heteroatoms. The summed E-state index contributed by atoms with van der Waals surface area (Å²) in [5.74, 6) is 2.78. The minimum atomic E-state index is -0.475. The van der Waals surface area contributed by atoms with Crippen LogP contribution in [0.25, 0.3) is 33.4 Å². The van der Waals surface area contributed by atoms with Crippen molar-refractivity contribution in [3.63, 3.8) is 0 Å². The SMILES string of the molecule is C#Cc1ccc(-c2c(-c3ccc(Oc4nccc(C)n4)cc3)c3c(N)ncnc3n2C)cc1F. The first-order valence-corrected chi connectivity index (χ1v) is 10.4. The van der Waals surface area contributed by atoms with Crippen LogP contribution in [0, 0.1) is 25.1 Å². The van der Waals surface area contributed by atoms with Crippen LogP contribution >= 0.6 is 0 Å². The third-order valence-electron chi connectivity index (χ3n) is 5.52. The molecular formula is C26H19FN6O. The third kappa shape index (κ3) is 3.59. The van der Waals surface area contributed by atoms with Crippen molar-refractivity contribution in [2.75, 3.05) is 5.73 Å². The molecule has 0 radical (unpaired) electrons. The van der Waals surface area contributed by atoms with Crippen LogP contribution in [0.2, 0.25) is 0 Å². The molecule has 5 rings (SSSR count). The number of benzene rings is 2. The maximum atomic E-state index is 14.6. The zero-order chi connectivity index (χ0) is 23.8. The Bertz CT molecular complexity index is 1580. The highest BCUT2D eigenvalue weighted by atomic mass is 19.1. The van der Waals surface area contributed by atoms with Gasteiger partial charge in [-0.1, -0.05) is 24.1 Å². The third-order valence-corrected chi connectivity index (χ3v) is 5.52. The van der Waals surface area contributed by atoms with Gasteiger partial charge in [0.1, 0.15) is 29.4 Å². The van der Waals surface area contributed by atoms with E-state index in [1.165, 1.54) is 12.4 Å². The average molecular weight is 450 g/mol. The van der Waals surface area contributed by atoms with E-state index in [9.17, 15) is 4.39 Å². The Kier molecular flexibility index (Phi) is 5.15. The van der Waals surface area contributed by atoms with Crippen molar-refractivity contribution in [1.82, 2.24) is 24.5 Å². The van der Waals surface area contributed by atoms with E-state index in [4.69, 9.17) is 16.9 Å². The molecule has 5 aromatic rings. The number of ether oxygens (including phenoxy) is 1. The summed E-state index contributed by atoms with van der Waals surface area (Å²) in [6.07, 6.45) is 8.45. The molecule has 0 aliphatic carbocycles. The molecule has 0 aliphatic rings. The zero-order valence-corrected chi connectivity index (χ0v) is 18.5. The highest BCUT2D eigenvalue weighted by molar-refractivity contribution is 6.07. The van der Waals surface area contributed by atoms with Crippen molar-refractivity contribution in [2.45, 2.75) is 6.92 Å². The Balaban J connectivity index is 1.66. The molecule has 0 saturated heterocycles. The van der Waals surface area contributed by atoms with Crippen molar-refractivity contribution >= 4 is 16.9 Å². The fraction of sp³-hybridized carbons (Fsp3) is 0.0769. The van der Waals surface area contributed by atoms with E-state index < -0.39 is 5.82 Å². The highest BCUT2D eigenvalue weighted by Crippen LogP contribution is 2.42. The van der Waals surface area contributed by atoms with Crippen LogP contribution in [0.3, 0.4) is 0 Å². The number of aromatic nitrogens is 5. The molecule has 0 aliphatic heterocycles. The number of fused-ring (bicyclic) bond motifs is 1. The summed E-state index contributed by atoms with van der Waals surface area (Å²) < 4.78 is 22.2. The number of halogens is 1. The fourth-order valence-corrected chi connectivity index (χ4v) is 3.94. The lowest BCUT2D eigenvalue weighted by molar-refractivity contribution is 0.440. The average Bonchev–Trinajstić information content (AvgIpc) is 3.13. The Morgan fingerprint density at radius 3 is 2.50 bits per heavy atom. The molecule has 0 spiro atoms. The maximum Gasteiger partial charge on any atom is 0.322 e. The number of rotatable bonds is 4. The first kappa shape index (κ1) is 21.1. The normalized spacial score (nSPS) is 10.9. The summed E-state index contributed by atoms with van der Waals surface area (Å²) in [6.45, 7) is 1.87. The smallest absolute Gasteiger partial charge is 0.322 e. The Labute approximate surface area is 195 Å². The molecule has 0 amide bonds.